The van der Waals surface area contributed by atoms with E-state index in [0.717, 1.165) is 37.6 Å². The third-order valence-electron chi connectivity index (χ3n) is 6.22. The standard InChI is InChI=1S/C27H35N3O2/c1-4-6-13-23-24(29(3)28-27(23)22-11-9-8-10-12-22)19-30(16-7-5-2)18-21-14-15-25-26(17-21)32-20-31-25/h8-12,14-15,17H,4-7,13,16,18-20H2,1-3H3/p+1. The molecule has 1 aliphatic rings. The first kappa shape index (κ1) is 22.4. The molecule has 3 aromatic rings. The highest BCUT2D eigenvalue weighted by atomic mass is 16.7. The molecule has 1 aromatic heterocycles. The van der Waals surface area contributed by atoms with E-state index in [9.17, 15) is 0 Å². The number of fused-ring (bicyclic) bond motifs is 1. The zero-order chi connectivity index (χ0) is 22.3. The fraction of sp³-hybridized carbons (Fsp3) is 0.444. The van der Waals surface area contributed by atoms with E-state index >= 15 is 0 Å². The third kappa shape index (κ3) is 5.16. The Morgan fingerprint density at radius 1 is 0.938 bits per heavy atom. The van der Waals surface area contributed by atoms with E-state index in [0.29, 0.717) is 6.79 Å². The van der Waals surface area contributed by atoms with Crippen LogP contribution in [-0.4, -0.2) is 23.3 Å². The Morgan fingerprint density at radius 3 is 2.50 bits per heavy atom. The van der Waals surface area contributed by atoms with Crippen molar-refractivity contribution in [3.63, 3.8) is 0 Å². The zero-order valence-electron chi connectivity index (χ0n) is 19.7. The topological polar surface area (TPSA) is 41.4 Å². The first-order valence-corrected chi connectivity index (χ1v) is 12.0. The summed E-state index contributed by atoms with van der Waals surface area (Å²) in [7, 11) is 2.15. The van der Waals surface area contributed by atoms with Gasteiger partial charge in [0, 0.05) is 12.1 Å². The minimum Gasteiger partial charge on any atom is -0.454 e. The molecule has 170 valence electrons. The van der Waals surface area contributed by atoms with Gasteiger partial charge in [0.05, 0.1) is 12.1 Å². The smallest absolute Gasteiger partial charge is 0.231 e. The minimum absolute atomic E-state index is 0.320. The fourth-order valence-corrected chi connectivity index (χ4v) is 4.42. The number of H-pyrrole nitrogens is 1. The summed E-state index contributed by atoms with van der Waals surface area (Å²) >= 11 is 0. The van der Waals surface area contributed by atoms with Crippen LogP contribution in [0.15, 0.2) is 48.5 Å². The van der Waals surface area contributed by atoms with Crippen molar-refractivity contribution in [1.82, 2.24) is 10.00 Å². The van der Waals surface area contributed by atoms with E-state index in [1.165, 1.54) is 53.8 Å². The Hall–Kier alpha value is -2.79. The Balaban J connectivity index is 1.61. The van der Waals surface area contributed by atoms with Crippen LogP contribution in [0.2, 0.25) is 0 Å². The SMILES string of the molecule is CCCCc1c(-c2ccccc2)[nH][n+](C)c1CN(CCCC)Cc1ccc2c(c1)OCO2. The predicted molar refractivity (Wildman–Crippen MR) is 128 cm³/mol. The molecular formula is C27H36N3O2+. The van der Waals surface area contributed by atoms with Crippen molar-refractivity contribution in [3.05, 3.63) is 65.4 Å². The van der Waals surface area contributed by atoms with Gasteiger partial charge in [-0.25, -0.2) is 0 Å². The van der Waals surface area contributed by atoms with Gasteiger partial charge < -0.3 is 9.47 Å². The summed E-state index contributed by atoms with van der Waals surface area (Å²) in [6.07, 6.45) is 5.86. The number of ether oxygens (including phenoxy) is 2. The number of aromatic nitrogens is 2. The van der Waals surface area contributed by atoms with Crippen molar-refractivity contribution in [1.29, 1.82) is 0 Å². The number of aryl methyl sites for hydroxylation is 1. The quantitative estimate of drug-likeness (QED) is 0.412. The van der Waals surface area contributed by atoms with Crippen molar-refractivity contribution in [2.75, 3.05) is 13.3 Å². The van der Waals surface area contributed by atoms with Crippen LogP contribution < -0.4 is 14.2 Å². The third-order valence-corrected chi connectivity index (χ3v) is 6.22. The van der Waals surface area contributed by atoms with Crippen LogP contribution in [0, 0.1) is 0 Å². The van der Waals surface area contributed by atoms with Crippen LogP contribution in [0.1, 0.15) is 56.4 Å². The monoisotopic (exact) mass is 434 g/mol. The van der Waals surface area contributed by atoms with Crippen LogP contribution in [-0.2, 0) is 26.6 Å². The van der Waals surface area contributed by atoms with Gasteiger partial charge in [-0.3, -0.25) is 4.90 Å². The molecular weight excluding hydrogens is 398 g/mol. The second kappa shape index (κ2) is 10.7. The molecule has 0 radical (unpaired) electrons. The van der Waals surface area contributed by atoms with E-state index in [1.54, 1.807) is 0 Å². The lowest BCUT2D eigenvalue weighted by molar-refractivity contribution is -0.734. The van der Waals surface area contributed by atoms with E-state index < -0.39 is 0 Å². The summed E-state index contributed by atoms with van der Waals surface area (Å²) in [5.41, 5.74) is 6.62. The zero-order valence-corrected chi connectivity index (χ0v) is 19.7. The van der Waals surface area contributed by atoms with Crippen molar-refractivity contribution in [2.24, 2.45) is 7.05 Å². The molecule has 0 saturated carbocycles. The molecule has 0 fully saturated rings. The molecule has 2 aromatic carbocycles. The summed E-state index contributed by atoms with van der Waals surface area (Å²) in [6, 6.07) is 17.0. The molecule has 0 spiro atoms. The van der Waals surface area contributed by atoms with Crippen molar-refractivity contribution in [2.45, 2.75) is 59.0 Å². The van der Waals surface area contributed by atoms with E-state index in [4.69, 9.17) is 9.47 Å². The molecule has 1 N–H and O–H groups in total. The van der Waals surface area contributed by atoms with Crippen molar-refractivity contribution in [3.8, 4) is 22.8 Å². The second-order valence-electron chi connectivity index (χ2n) is 8.69. The predicted octanol–water partition coefficient (Wildman–Crippen LogP) is 5.38. The maximum atomic E-state index is 5.61. The van der Waals surface area contributed by atoms with E-state index in [1.807, 2.05) is 6.07 Å². The van der Waals surface area contributed by atoms with E-state index in [2.05, 4.69) is 78.0 Å². The molecule has 0 aliphatic carbocycles. The molecule has 0 bridgehead atoms. The molecule has 1 aliphatic heterocycles. The molecule has 0 unspecified atom stereocenters. The molecule has 0 saturated heterocycles. The van der Waals surface area contributed by atoms with E-state index in [-0.39, 0.29) is 0 Å². The molecule has 5 nitrogen and oxygen atoms in total. The summed E-state index contributed by atoms with van der Waals surface area (Å²) in [5, 5.41) is 3.65. The molecule has 4 rings (SSSR count). The minimum atomic E-state index is 0.320. The number of unbranched alkanes of at least 4 members (excludes halogenated alkanes) is 2. The molecule has 0 atom stereocenters. The maximum absolute atomic E-state index is 5.61. The largest absolute Gasteiger partial charge is 0.454 e. The van der Waals surface area contributed by atoms with Gasteiger partial charge in [0.15, 0.2) is 18.5 Å². The Kier molecular flexibility index (Phi) is 7.48. The molecule has 0 amide bonds. The number of hydrogen-bond acceptors (Lipinski definition) is 3. The first-order chi connectivity index (χ1) is 15.7. The van der Waals surface area contributed by atoms with Gasteiger partial charge >= 0.3 is 0 Å². The van der Waals surface area contributed by atoms with Crippen LogP contribution in [0.3, 0.4) is 0 Å². The Bertz CT molecular complexity index is 1010. The first-order valence-electron chi connectivity index (χ1n) is 12.0. The average Bonchev–Trinajstić information content (AvgIpc) is 3.40. The lowest BCUT2D eigenvalue weighted by Crippen LogP contribution is -2.38. The summed E-state index contributed by atoms with van der Waals surface area (Å²) in [5.74, 6) is 1.71. The lowest BCUT2D eigenvalue weighted by atomic mass is 10.0. The normalized spacial score (nSPS) is 12.6. The van der Waals surface area contributed by atoms with Gasteiger partial charge in [-0.15, -0.1) is 4.68 Å². The molecule has 5 heteroatoms. The summed E-state index contributed by atoms with van der Waals surface area (Å²) < 4.78 is 13.3. The summed E-state index contributed by atoms with van der Waals surface area (Å²) in [4.78, 5) is 2.56. The van der Waals surface area contributed by atoms with Crippen LogP contribution in [0.5, 0.6) is 11.5 Å². The average molecular weight is 435 g/mol. The number of nitrogens with zero attached hydrogens (tertiary/aromatic N) is 2. The van der Waals surface area contributed by atoms with Crippen LogP contribution >= 0.6 is 0 Å². The number of aromatic amines is 1. The highest BCUT2D eigenvalue weighted by molar-refractivity contribution is 5.63. The Morgan fingerprint density at radius 2 is 1.72 bits per heavy atom. The number of nitrogens with one attached hydrogen (secondary N) is 1. The number of rotatable bonds is 11. The van der Waals surface area contributed by atoms with Gasteiger partial charge in [0.1, 0.15) is 5.69 Å². The van der Waals surface area contributed by atoms with Crippen LogP contribution in [0.25, 0.3) is 11.3 Å². The van der Waals surface area contributed by atoms with Crippen LogP contribution in [0.4, 0.5) is 0 Å². The van der Waals surface area contributed by atoms with Gasteiger partial charge in [-0.05, 0) is 43.5 Å². The second-order valence-corrected chi connectivity index (χ2v) is 8.69. The number of hydrogen-bond donors (Lipinski definition) is 1. The molecule has 32 heavy (non-hydrogen) atoms. The van der Waals surface area contributed by atoms with Gasteiger partial charge in [0.2, 0.25) is 12.5 Å². The molecule has 2 heterocycles. The van der Waals surface area contributed by atoms with Crippen molar-refractivity contribution < 1.29 is 14.2 Å². The maximum Gasteiger partial charge on any atom is 0.231 e. The highest BCUT2D eigenvalue weighted by Gasteiger charge is 2.25. The Labute approximate surface area is 192 Å². The van der Waals surface area contributed by atoms with Crippen molar-refractivity contribution >= 4 is 0 Å². The highest BCUT2D eigenvalue weighted by Crippen LogP contribution is 2.33. The summed E-state index contributed by atoms with van der Waals surface area (Å²) in [6.45, 7) is 7.74. The fourth-order valence-electron chi connectivity index (χ4n) is 4.42. The van der Waals surface area contributed by atoms with Gasteiger partial charge in [-0.2, -0.15) is 5.10 Å². The number of benzene rings is 2. The van der Waals surface area contributed by atoms with Gasteiger partial charge in [-0.1, -0.05) is 63.1 Å². The lowest BCUT2D eigenvalue weighted by Gasteiger charge is -2.21. The van der Waals surface area contributed by atoms with Gasteiger partial charge in [0.25, 0.3) is 0 Å².